The summed E-state index contributed by atoms with van der Waals surface area (Å²) in [7, 11) is 3.12. The molecule has 0 radical (unpaired) electrons. The maximum atomic E-state index is 12.9. The summed E-state index contributed by atoms with van der Waals surface area (Å²) in [5, 5.41) is 2.90. The fraction of sp³-hybridized carbons (Fsp3) is 0.321. The standard InChI is InChI=1S/C28H33NO5/c1-7-33-24-14-8-19(27(30)29-22-11-15-25(31-5)26(17-22)32-6)16-20(24)18-34-23-12-9-21(10-13-23)28(2,3)4/h8-17H,7,18H2,1-6H3,(H,29,30). The quantitative estimate of drug-likeness (QED) is 0.407. The third kappa shape index (κ3) is 6.22. The Morgan fingerprint density at radius 1 is 0.824 bits per heavy atom. The summed E-state index contributed by atoms with van der Waals surface area (Å²) in [6.45, 7) is 9.25. The van der Waals surface area contributed by atoms with E-state index in [1.165, 1.54) is 5.56 Å². The van der Waals surface area contributed by atoms with Crippen LogP contribution in [0.15, 0.2) is 60.7 Å². The molecule has 0 aliphatic carbocycles. The van der Waals surface area contributed by atoms with Gasteiger partial charge < -0.3 is 24.3 Å². The molecule has 0 unspecified atom stereocenters. The van der Waals surface area contributed by atoms with E-state index in [1.54, 1.807) is 50.6 Å². The number of hydrogen-bond acceptors (Lipinski definition) is 5. The van der Waals surface area contributed by atoms with Crippen molar-refractivity contribution in [1.82, 2.24) is 0 Å². The van der Waals surface area contributed by atoms with E-state index in [9.17, 15) is 4.79 Å². The van der Waals surface area contributed by atoms with Gasteiger partial charge in [-0.2, -0.15) is 0 Å². The van der Waals surface area contributed by atoms with Crippen LogP contribution in [-0.4, -0.2) is 26.7 Å². The third-order valence-corrected chi connectivity index (χ3v) is 5.38. The first-order valence-electron chi connectivity index (χ1n) is 11.3. The number of methoxy groups -OCH3 is 2. The van der Waals surface area contributed by atoms with Gasteiger partial charge in [0, 0.05) is 22.9 Å². The summed E-state index contributed by atoms with van der Waals surface area (Å²) < 4.78 is 22.3. The summed E-state index contributed by atoms with van der Waals surface area (Å²) in [4.78, 5) is 12.9. The van der Waals surface area contributed by atoms with Crippen molar-refractivity contribution in [3.8, 4) is 23.0 Å². The molecule has 6 heteroatoms. The molecule has 180 valence electrons. The zero-order chi connectivity index (χ0) is 24.7. The van der Waals surface area contributed by atoms with Crippen LogP contribution in [0.1, 0.15) is 49.2 Å². The van der Waals surface area contributed by atoms with Gasteiger partial charge in [-0.05, 0) is 60.4 Å². The number of carbonyl (C=O) groups is 1. The molecule has 0 fully saturated rings. The van der Waals surface area contributed by atoms with Gasteiger partial charge in [-0.25, -0.2) is 0 Å². The Labute approximate surface area is 201 Å². The highest BCUT2D eigenvalue weighted by atomic mass is 16.5. The number of anilines is 1. The van der Waals surface area contributed by atoms with Crippen LogP contribution in [0.25, 0.3) is 0 Å². The number of benzene rings is 3. The number of nitrogens with one attached hydrogen (secondary N) is 1. The molecule has 34 heavy (non-hydrogen) atoms. The molecule has 0 aliphatic heterocycles. The zero-order valence-electron chi connectivity index (χ0n) is 20.7. The molecular formula is C28H33NO5. The van der Waals surface area contributed by atoms with Crippen LogP contribution in [0, 0.1) is 0 Å². The Kier molecular flexibility index (Phi) is 8.05. The Hall–Kier alpha value is -3.67. The summed E-state index contributed by atoms with van der Waals surface area (Å²) in [6, 6.07) is 18.6. The predicted octanol–water partition coefficient (Wildman–Crippen LogP) is 6.23. The minimum atomic E-state index is -0.244. The van der Waals surface area contributed by atoms with Crippen LogP contribution < -0.4 is 24.3 Å². The second-order valence-electron chi connectivity index (χ2n) is 8.84. The lowest BCUT2D eigenvalue weighted by molar-refractivity contribution is 0.102. The Balaban J connectivity index is 1.76. The molecule has 3 rings (SSSR count). The molecule has 1 amide bonds. The summed E-state index contributed by atoms with van der Waals surface area (Å²) >= 11 is 0. The average Bonchev–Trinajstić information content (AvgIpc) is 2.83. The van der Waals surface area contributed by atoms with E-state index in [1.807, 2.05) is 19.1 Å². The normalized spacial score (nSPS) is 11.0. The van der Waals surface area contributed by atoms with Gasteiger partial charge in [0.05, 0.1) is 20.8 Å². The van der Waals surface area contributed by atoms with E-state index in [0.717, 1.165) is 11.3 Å². The van der Waals surface area contributed by atoms with E-state index in [0.29, 0.717) is 35.1 Å². The molecule has 0 heterocycles. The Bertz CT molecular complexity index is 1120. The predicted molar refractivity (Wildman–Crippen MR) is 135 cm³/mol. The SMILES string of the molecule is CCOc1ccc(C(=O)Nc2ccc(OC)c(OC)c2)cc1COc1ccc(C(C)(C)C)cc1. The van der Waals surface area contributed by atoms with Gasteiger partial charge >= 0.3 is 0 Å². The van der Waals surface area contributed by atoms with E-state index >= 15 is 0 Å². The monoisotopic (exact) mass is 463 g/mol. The first-order valence-corrected chi connectivity index (χ1v) is 11.3. The Morgan fingerprint density at radius 3 is 2.12 bits per heavy atom. The second-order valence-corrected chi connectivity index (χ2v) is 8.84. The molecule has 0 saturated carbocycles. The van der Waals surface area contributed by atoms with E-state index in [-0.39, 0.29) is 17.9 Å². The molecule has 0 atom stereocenters. The van der Waals surface area contributed by atoms with Gasteiger partial charge in [0.25, 0.3) is 5.91 Å². The van der Waals surface area contributed by atoms with Crippen molar-refractivity contribution in [2.75, 3.05) is 26.1 Å². The summed E-state index contributed by atoms with van der Waals surface area (Å²) in [5.41, 5.74) is 3.22. The van der Waals surface area contributed by atoms with Crippen molar-refractivity contribution in [3.05, 3.63) is 77.4 Å². The first kappa shape index (κ1) is 25.0. The molecule has 3 aromatic rings. The highest BCUT2D eigenvalue weighted by molar-refractivity contribution is 6.04. The van der Waals surface area contributed by atoms with E-state index < -0.39 is 0 Å². The minimum Gasteiger partial charge on any atom is -0.493 e. The topological polar surface area (TPSA) is 66.0 Å². The average molecular weight is 464 g/mol. The van der Waals surface area contributed by atoms with Gasteiger partial charge in [-0.15, -0.1) is 0 Å². The van der Waals surface area contributed by atoms with Crippen molar-refractivity contribution in [2.24, 2.45) is 0 Å². The minimum absolute atomic E-state index is 0.0796. The number of amides is 1. The number of carbonyl (C=O) groups excluding carboxylic acids is 1. The lowest BCUT2D eigenvalue weighted by Gasteiger charge is -2.19. The van der Waals surface area contributed by atoms with Gasteiger partial charge in [-0.3, -0.25) is 4.79 Å². The van der Waals surface area contributed by atoms with Gasteiger partial charge in [-0.1, -0.05) is 32.9 Å². The maximum Gasteiger partial charge on any atom is 0.255 e. The lowest BCUT2D eigenvalue weighted by atomic mass is 9.87. The van der Waals surface area contributed by atoms with Crippen molar-refractivity contribution in [2.45, 2.75) is 39.7 Å². The third-order valence-electron chi connectivity index (χ3n) is 5.38. The van der Waals surface area contributed by atoms with Crippen LogP contribution in [-0.2, 0) is 12.0 Å². The first-order chi connectivity index (χ1) is 16.2. The maximum absolute atomic E-state index is 12.9. The van der Waals surface area contributed by atoms with Crippen LogP contribution in [0.2, 0.25) is 0 Å². The van der Waals surface area contributed by atoms with Crippen molar-refractivity contribution >= 4 is 11.6 Å². The molecule has 0 aliphatic rings. The highest BCUT2D eigenvalue weighted by Crippen LogP contribution is 2.30. The van der Waals surface area contributed by atoms with Crippen molar-refractivity contribution in [1.29, 1.82) is 0 Å². The lowest BCUT2D eigenvalue weighted by Crippen LogP contribution is -2.13. The molecular weight excluding hydrogens is 430 g/mol. The second kappa shape index (κ2) is 11.0. The van der Waals surface area contributed by atoms with Gasteiger partial charge in [0.15, 0.2) is 11.5 Å². The number of ether oxygens (including phenoxy) is 4. The smallest absolute Gasteiger partial charge is 0.255 e. The fourth-order valence-corrected chi connectivity index (χ4v) is 3.46. The van der Waals surface area contributed by atoms with Crippen LogP contribution in [0.3, 0.4) is 0 Å². The van der Waals surface area contributed by atoms with Crippen molar-refractivity contribution in [3.63, 3.8) is 0 Å². The number of hydrogen-bond donors (Lipinski definition) is 1. The molecule has 0 saturated heterocycles. The van der Waals surface area contributed by atoms with E-state index in [2.05, 4.69) is 38.2 Å². The van der Waals surface area contributed by atoms with Gasteiger partial charge in [0.1, 0.15) is 18.1 Å². The molecule has 1 N–H and O–H groups in total. The highest BCUT2D eigenvalue weighted by Gasteiger charge is 2.15. The van der Waals surface area contributed by atoms with Crippen LogP contribution in [0.4, 0.5) is 5.69 Å². The summed E-state index contributed by atoms with van der Waals surface area (Å²) in [5.74, 6) is 2.34. The molecule has 0 aromatic heterocycles. The molecule has 0 bridgehead atoms. The van der Waals surface area contributed by atoms with Gasteiger partial charge in [0.2, 0.25) is 0 Å². The van der Waals surface area contributed by atoms with Crippen molar-refractivity contribution < 1.29 is 23.7 Å². The van der Waals surface area contributed by atoms with Crippen LogP contribution in [0.5, 0.6) is 23.0 Å². The summed E-state index contributed by atoms with van der Waals surface area (Å²) in [6.07, 6.45) is 0. The van der Waals surface area contributed by atoms with E-state index in [4.69, 9.17) is 18.9 Å². The zero-order valence-corrected chi connectivity index (χ0v) is 20.7. The Morgan fingerprint density at radius 2 is 1.50 bits per heavy atom. The number of rotatable bonds is 9. The fourth-order valence-electron chi connectivity index (χ4n) is 3.46. The molecule has 6 nitrogen and oxygen atoms in total. The largest absolute Gasteiger partial charge is 0.493 e. The molecule has 0 spiro atoms. The van der Waals surface area contributed by atoms with Crippen LogP contribution >= 0.6 is 0 Å². The molecule has 3 aromatic carbocycles.